The number of carbonyl (C=O) groups is 3. The third-order valence-corrected chi connectivity index (χ3v) is 4.18. The van der Waals surface area contributed by atoms with E-state index in [2.05, 4.69) is 5.32 Å². The van der Waals surface area contributed by atoms with E-state index in [4.69, 9.17) is 5.73 Å². The molecular weight excluding hydrogens is 306 g/mol. The van der Waals surface area contributed by atoms with Crippen molar-refractivity contribution < 1.29 is 14.4 Å². The molecule has 6 nitrogen and oxygen atoms in total. The van der Waals surface area contributed by atoms with Gasteiger partial charge in [-0.05, 0) is 38.3 Å². The SMILES string of the molecule is Cc1ccc2c(c1)C(=O)N(CC(=O)NC(C)(CN)CC(C)C)C2=O. The number of nitrogens with zero attached hydrogens (tertiary/aromatic N) is 1. The fourth-order valence-corrected chi connectivity index (χ4v) is 3.15. The van der Waals surface area contributed by atoms with Gasteiger partial charge in [0, 0.05) is 12.1 Å². The molecule has 0 saturated heterocycles. The molecule has 3 amide bonds. The van der Waals surface area contributed by atoms with Crippen LogP contribution in [0.15, 0.2) is 18.2 Å². The Morgan fingerprint density at radius 1 is 1.25 bits per heavy atom. The van der Waals surface area contributed by atoms with E-state index >= 15 is 0 Å². The first kappa shape index (κ1) is 18.1. The summed E-state index contributed by atoms with van der Waals surface area (Å²) in [5, 5.41) is 2.87. The van der Waals surface area contributed by atoms with Gasteiger partial charge in [0.05, 0.1) is 11.1 Å². The van der Waals surface area contributed by atoms with E-state index in [0.29, 0.717) is 17.0 Å². The molecule has 1 atom stereocenters. The van der Waals surface area contributed by atoms with Crippen molar-refractivity contribution in [2.75, 3.05) is 13.1 Å². The lowest BCUT2D eigenvalue weighted by molar-refractivity contribution is -0.123. The Hall–Kier alpha value is -2.21. The van der Waals surface area contributed by atoms with Gasteiger partial charge in [-0.25, -0.2) is 0 Å². The van der Waals surface area contributed by atoms with Gasteiger partial charge in [0.1, 0.15) is 6.54 Å². The second-order valence-corrected chi connectivity index (χ2v) is 7.16. The van der Waals surface area contributed by atoms with Crippen molar-refractivity contribution in [3.63, 3.8) is 0 Å². The Morgan fingerprint density at radius 2 is 1.88 bits per heavy atom. The molecule has 0 aromatic heterocycles. The average molecular weight is 331 g/mol. The van der Waals surface area contributed by atoms with Crippen LogP contribution < -0.4 is 11.1 Å². The lowest BCUT2D eigenvalue weighted by Crippen LogP contribution is -2.54. The molecule has 1 aliphatic heterocycles. The minimum Gasteiger partial charge on any atom is -0.348 e. The van der Waals surface area contributed by atoms with Crippen molar-refractivity contribution in [1.29, 1.82) is 0 Å². The highest BCUT2D eigenvalue weighted by molar-refractivity contribution is 6.22. The Morgan fingerprint density at radius 3 is 2.46 bits per heavy atom. The molecule has 1 heterocycles. The number of rotatable bonds is 6. The fraction of sp³-hybridized carbons (Fsp3) is 0.500. The average Bonchev–Trinajstić information content (AvgIpc) is 2.71. The summed E-state index contributed by atoms with van der Waals surface area (Å²) in [6, 6.07) is 5.09. The van der Waals surface area contributed by atoms with Gasteiger partial charge < -0.3 is 11.1 Å². The van der Waals surface area contributed by atoms with Crippen molar-refractivity contribution in [3.05, 3.63) is 34.9 Å². The van der Waals surface area contributed by atoms with Crippen LogP contribution in [-0.4, -0.2) is 41.2 Å². The number of hydrogen-bond acceptors (Lipinski definition) is 4. The quantitative estimate of drug-likeness (QED) is 0.772. The zero-order valence-corrected chi connectivity index (χ0v) is 14.7. The monoisotopic (exact) mass is 331 g/mol. The van der Waals surface area contributed by atoms with E-state index in [1.54, 1.807) is 18.2 Å². The van der Waals surface area contributed by atoms with Gasteiger partial charge in [0.25, 0.3) is 11.8 Å². The van der Waals surface area contributed by atoms with Crippen LogP contribution in [0, 0.1) is 12.8 Å². The van der Waals surface area contributed by atoms with Gasteiger partial charge in [-0.15, -0.1) is 0 Å². The van der Waals surface area contributed by atoms with E-state index < -0.39 is 17.4 Å². The summed E-state index contributed by atoms with van der Waals surface area (Å²) in [5.41, 5.74) is 6.84. The molecule has 1 aromatic carbocycles. The van der Waals surface area contributed by atoms with Crippen LogP contribution in [0.1, 0.15) is 53.5 Å². The standard InChI is InChI=1S/C18H25N3O3/c1-11(2)8-18(4,10-19)20-15(22)9-21-16(23)13-6-5-12(3)7-14(13)17(21)24/h5-7,11H,8-10,19H2,1-4H3,(H,20,22). The number of nitrogens with two attached hydrogens (primary N) is 1. The third kappa shape index (κ3) is 3.64. The number of benzene rings is 1. The number of aryl methyl sites for hydroxylation is 1. The van der Waals surface area contributed by atoms with E-state index in [1.807, 2.05) is 27.7 Å². The first-order chi connectivity index (χ1) is 11.2. The van der Waals surface area contributed by atoms with Crippen LogP contribution in [0.3, 0.4) is 0 Å². The predicted octanol–water partition coefficient (Wildman–Crippen LogP) is 1.47. The van der Waals surface area contributed by atoms with Crippen molar-refractivity contribution in [2.45, 2.75) is 39.7 Å². The molecule has 1 aliphatic rings. The van der Waals surface area contributed by atoms with Crippen LogP contribution in [0.25, 0.3) is 0 Å². The summed E-state index contributed by atoms with van der Waals surface area (Å²) in [6.45, 7) is 7.82. The lowest BCUT2D eigenvalue weighted by atomic mass is 9.90. The van der Waals surface area contributed by atoms with Crippen molar-refractivity contribution >= 4 is 17.7 Å². The van der Waals surface area contributed by atoms with Crippen LogP contribution in [0.2, 0.25) is 0 Å². The van der Waals surface area contributed by atoms with Crippen molar-refractivity contribution in [3.8, 4) is 0 Å². The molecule has 0 aliphatic carbocycles. The Kier molecular flexibility index (Phi) is 5.08. The van der Waals surface area contributed by atoms with Crippen molar-refractivity contribution in [2.24, 2.45) is 11.7 Å². The maximum Gasteiger partial charge on any atom is 0.262 e. The molecular formula is C18H25N3O3. The van der Waals surface area contributed by atoms with Gasteiger partial charge in [-0.3, -0.25) is 19.3 Å². The maximum atomic E-state index is 12.4. The Labute approximate surface area is 142 Å². The van der Waals surface area contributed by atoms with Crippen LogP contribution in [-0.2, 0) is 4.79 Å². The number of fused-ring (bicyclic) bond motifs is 1. The first-order valence-electron chi connectivity index (χ1n) is 8.15. The molecule has 6 heteroatoms. The van der Waals surface area contributed by atoms with E-state index in [1.165, 1.54) is 0 Å². The van der Waals surface area contributed by atoms with Gasteiger partial charge >= 0.3 is 0 Å². The number of imide groups is 1. The Bertz CT molecular complexity index is 684. The zero-order valence-electron chi connectivity index (χ0n) is 14.7. The van der Waals surface area contributed by atoms with Crippen LogP contribution in [0.5, 0.6) is 0 Å². The summed E-state index contributed by atoms with van der Waals surface area (Å²) in [5.74, 6) is -0.869. The lowest BCUT2D eigenvalue weighted by Gasteiger charge is -2.31. The molecule has 0 spiro atoms. The predicted molar refractivity (Wildman–Crippen MR) is 91.6 cm³/mol. The molecule has 1 unspecified atom stereocenters. The largest absolute Gasteiger partial charge is 0.348 e. The number of nitrogens with one attached hydrogen (secondary N) is 1. The normalized spacial score (nSPS) is 16.3. The van der Waals surface area contributed by atoms with Gasteiger partial charge in [-0.1, -0.05) is 25.5 Å². The van der Waals surface area contributed by atoms with Gasteiger partial charge in [0.15, 0.2) is 0 Å². The van der Waals surface area contributed by atoms with Crippen LogP contribution in [0.4, 0.5) is 0 Å². The molecule has 0 radical (unpaired) electrons. The van der Waals surface area contributed by atoms with E-state index in [0.717, 1.165) is 16.9 Å². The number of carbonyl (C=O) groups excluding carboxylic acids is 3. The van der Waals surface area contributed by atoms with Crippen LogP contribution >= 0.6 is 0 Å². The van der Waals surface area contributed by atoms with Gasteiger partial charge in [-0.2, -0.15) is 0 Å². The molecule has 3 N–H and O–H groups in total. The molecule has 0 fully saturated rings. The molecule has 2 rings (SSSR count). The summed E-state index contributed by atoms with van der Waals surface area (Å²) in [4.78, 5) is 38.1. The zero-order chi connectivity index (χ0) is 18.1. The molecule has 0 saturated carbocycles. The maximum absolute atomic E-state index is 12.4. The highest BCUT2D eigenvalue weighted by atomic mass is 16.2. The summed E-state index contributed by atoms with van der Waals surface area (Å²) in [7, 11) is 0. The molecule has 0 bridgehead atoms. The Balaban J connectivity index is 2.10. The first-order valence-corrected chi connectivity index (χ1v) is 8.15. The van der Waals surface area contributed by atoms with E-state index in [-0.39, 0.29) is 19.0 Å². The van der Waals surface area contributed by atoms with Gasteiger partial charge in [0.2, 0.25) is 5.91 Å². The molecule has 1 aromatic rings. The van der Waals surface area contributed by atoms with E-state index in [9.17, 15) is 14.4 Å². The minimum absolute atomic E-state index is 0.290. The second-order valence-electron chi connectivity index (χ2n) is 7.16. The molecule has 130 valence electrons. The highest BCUT2D eigenvalue weighted by Gasteiger charge is 2.37. The minimum atomic E-state index is -0.555. The third-order valence-electron chi connectivity index (χ3n) is 4.18. The summed E-state index contributed by atoms with van der Waals surface area (Å²) >= 11 is 0. The van der Waals surface area contributed by atoms with Crippen molar-refractivity contribution in [1.82, 2.24) is 10.2 Å². The summed E-state index contributed by atoms with van der Waals surface area (Å²) < 4.78 is 0. The number of hydrogen-bond donors (Lipinski definition) is 2. The fourth-order valence-electron chi connectivity index (χ4n) is 3.15. The highest BCUT2D eigenvalue weighted by Crippen LogP contribution is 2.24. The number of amides is 3. The second kappa shape index (κ2) is 6.73. The topological polar surface area (TPSA) is 92.5 Å². The summed E-state index contributed by atoms with van der Waals surface area (Å²) in [6.07, 6.45) is 0.719. The smallest absolute Gasteiger partial charge is 0.262 e. The molecule has 24 heavy (non-hydrogen) atoms.